The van der Waals surface area contributed by atoms with Crippen LogP contribution in [0.5, 0.6) is 5.75 Å². The van der Waals surface area contributed by atoms with Crippen molar-refractivity contribution in [2.24, 2.45) is 0 Å². The lowest BCUT2D eigenvalue weighted by atomic mass is 10.1. The molecule has 1 aliphatic rings. The summed E-state index contributed by atoms with van der Waals surface area (Å²) in [5.41, 5.74) is 1.21. The van der Waals surface area contributed by atoms with Crippen molar-refractivity contribution in [1.29, 1.82) is 0 Å². The number of piperidine rings is 1. The third-order valence-electron chi connectivity index (χ3n) is 3.94. The van der Waals surface area contributed by atoms with Gasteiger partial charge < -0.3 is 19.7 Å². The maximum atomic E-state index is 12.2. The number of carbonyl (C=O) groups is 3. The minimum absolute atomic E-state index is 0.0350. The zero-order valence-electron chi connectivity index (χ0n) is 14.7. The quantitative estimate of drug-likeness (QED) is 0.765. The summed E-state index contributed by atoms with van der Waals surface area (Å²) in [4.78, 5) is 37.2. The van der Waals surface area contributed by atoms with Gasteiger partial charge in [0.05, 0.1) is 25.8 Å². The summed E-state index contributed by atoms with van der Waals surface area (Å²) >= 11 is 0. The predicted molar refractivity (Wildman–Crippen MR) is 93.7 cm³/mol. The second-order valence-electron chi connectivity index (χ2n) is 5.74. The molecule has 0 saturated carbocycles. The van der Waals surface area contributed by atoms with Crippen LogP contribution in [0.1, 0.15) is 39.0 Å². The molecule has 0 aromatic heterocycles. The van der Waals surface area contributed by atoms with Crippen molar-refractivity contribution in [2.45, 2.75) is 39.0 Å². The van der Waals surface area contributed by atoms with Gasteiger partial charge in [0, 0.05) is 25.1 Å². The molecule has 0 bridgehead atoms. The number of ether oxygens (including phenoxy) is 2. The molecule has 136 valence electrons. The molecule has 1 fully saturated rings. The molecule has 1 aromatic carbocycles. The molecule has 1 heterocycles. The molecule has 0 atom stereocenters. The van der Waals surface area contributed by atoms with Crippen LogP contribution in [0, 0.1) is 0 Å². The van der Waals surface area contributed by atoms with Crippen LogP contribution in [0.25, 0.3) is 0 Å². The zero-order chi connectivity index (χ0) is 18.2. The Labute approximate surface area is 147 Å². The van der Waals surface area contributed by atoms with E-state index in [-0.39, 0.29) is 24.7 Å². The average molecular weight is 348 g/mol. The number of nitrogens with one attached hydrogen (secondary N) is 1. The molecule has 2 rings (SSSR count). The van der Waals surface area contributed by atoms with E-state index in [1.54, 1.807) is 37.1 Å². The number of carbonyl (C=O) groups excluding carboxylic acids is 3. The number of rotatable bonds is 7. The van der Waals surface area contributed by atoms with Crippen LogP contribution in [0.3, 0.4) is 0 Å². The van der Waals surface area contributed by atoms with Crippen molar-refractivity contribution in [3.63, 3.8) is 0 Å². The van der Waals surface area contributed by atoms with Crippen LogP contribution in [0.4, 0.5) is 11.4 Å². The Morgan fingerprint density at radius 2 is 2.04 bits per heavy atom. The largest absolute Gasteiger partial charge is 0.495 e. The summed E-state index contributed by atoms with van der Waals surface area (Å²) in [5.74, 6) is -0.0452. The van der Waals surface area contributed by atoms with Crippen LogP contribution < -0.4 is 15.0 Å². The van der Waals surface area contributed by atoms with Crippen LogP contribution in [-0.4, -0.2) is 38.0 Å². The van der Waals surface area contributed by atoms with E-state index >= 15 is 0 Å². The van der Waals surface area contributed by atoms with Crippen LogP contribution in [0.2, 0.25) is 0 Å². The number of esters is 1. The van der Waals surface area contributed by atoms with E-state index in [9.17, 15) is 14.4 Å². The number of anilines is 2. The van der Waals surface area contributed by atoms with Gasteiger partial charge in [-0.3, -0.25) is 14.4 Å². The lowest BCUT2D eigenvalue weighted by molar-refractivity contribution is -0.144. The molecule has 25 heavy (non-hydrogen) atoms. The van der Waals surface area contributed by atoms with E-state index in [1.807, 2.05) is 0 Å². The van der Waals surface area contributed by atoms with E-state index < -0.39 is 5.97 Å². The molecule has 0 radical (unpaired) electrons. The van der Waals surface area contributed by atoms with Gasteiger partial charge in [-0.25, -0.2) is 0 Å². The van der Waals surface area contributed by atoms with Gasteiger partial charge in [-0.2, -0.15) is 0 Å². The maximum Gasteiger partial charge on any atom is 0.306 e. The minimum atomic E-state index is -0.396. The highest BCUT2D eigenvalue weighted by atomic mass is 16.5. The molecular weight excluding hydrogens is 324 g/mol. The summed E-state index contributed by atoms with van der Waals surface area (Å²) in [6, 6.07) is 5.15. The summed E-state index contributed by atoms with van der Waals surface area (Å²) in [7, 11) is 1.55. The molecule has 0 unspecified atom stereocenters. The number of benzene rings is 1. The molecule has 1 aromatic rings. The first kappa shape index (κ1) is 18.8. The van der Waals surface area contributed by atoms with Gasteiger partial charge >= 0.3 is 5.97 Å². The highest BCUT2D eigenvalue weighted by molar-refractivity contribution is 5.98. The minimum Gasteiger partial charge on any atom is -0.495 e. The Morgan fingerprint density at radius 1 is 1.24 bits per heavy atom. The second-order valence-corrected chi connectivity index (χ2v) is 5.74. The van der Waals surface area contributed by atoms with Gasteiger partial charge in [0.2, 0.25) is 11.8 Å². The number of hydrogen-bond acceptors (Lipinski definition) is 5. The lowest BCUT2D eigenvalue weighted by Gasteiger charge is -2.28. The number of amides is 2. The topological polar surface area (TPSA) is 84.9 Å². The van der Waals surface area contributed by atoms with E-state index in [0.29, 0.717) is 36.7 Å². The average Bonchev–Trinajstić information content (AvgIpc) is 2.61. The van der Waals surface area contributed by atoms with Gasteiger partial charge in [-0.15, -0.1) is 0 Å². The first-order valence-corrected chi connectivity index (χ1v) is 8.49. The van der Waals surface area contributed by atoms with Crippen LogP contribution in [0.15, 0.2) is 18.2 Å². The number of hydrogen-bond donors (Lipinski definition) is 1. The second kappa shape index (κ2) is 9.05. The summed E-state index contributed by atoms with van der Waals surface area (Å²) in [6.07, 6.45) is 2.42. The highest BCUT2D eigenvalue weighted by Crippen LogP contribution is 2.33. The molecule has 0 spiro atoms. The smallest absolute Gasteiger partial charge is 0.306 e. The van der Waals surface area contributed by atoms with Crippen molar-refractivity contribution >= 4 is 29.2 Å². The maximum absolute atomic E-state index is 12.2. The first-order chi connectivity index (χ1) is 12.0. The standard InChI is InChI=1S/C18H24N2O5/c1-3-25-18(23)10-9-16(21)19-13-7-8-15(24-2)14(12-13)20-11-5-4-6-17(20)22/h7-8,12H,3-6,9-11H2,1-2H3,(H,19,21). The first-order valence-electron chi connectivity index (χ1n) is 8.49. The van der Waals surface area contributed by atoms with Gasteiger partial charge in [-0.1, -0.05) is 0 Å². The van der Waals surface area contributed by atoms with Crippen LogP contribution in [-0.2, 0) is 19.1 Å². The third-order valence-corrected chi connectivity index (χ3v) is 3.94. The summed E-state index contributed by atoms with van der Waals surface area (Å²) in [5, 5.41) is 2.74. The fourth-order valence-electron chi connectivity index (χ4n) is 2.71. The van der Waals surface area contributed by atoms with Gasteiger partial charge in [0.15, 0.2) is 0 Å². The Bertz CT molecular complexity index is 644. The lowest BCUT2D eigenvalue weighted by Crippen LogP contribution is -2.35. The van der Waals surface area contributed by atoms with Gasteiger partial charge in [-0.05, 0) is 38.0 Å². The van der Waals surface area contributed by atoms with E-state index in [2.05, 4.69) is 5.32 Å². The van der Waals surface area contributed by atoms with Gasteiger partial charge in [0.1, 0.15) is 5.75 Å². The van der Waals surface area contributed by atoms with E-state index in [4.69, 9.17) is 9.47 Å². The molecule has 7 heteroatoms. The van der Waals surface area contributed by atoms with Crippen molar-refractivity contribution in [3.05, 3.63) is 18.2 Å². The Balaban J connectivity index is 2.06. The predicted octanol–water partition coefficient (Wildman–Crippen LogP) is 2.49. The number of methoxy groups -OCH3 is 1. The van der Waals surface area contributed by atoms with Gasteiger partial charge in [0.25, 0.3) is 0 Å². The third kappa shape index (κ3) is 5.20. The van der Waals surface area contributed by atoms with Crippen molar-refractivity contribution in [1.82, 2.24) is 0 Å². The molecule has 7 nitrogen and oxygen atoms in total. The van der Waals surface area contributed by atoms with Crippen molar-refractivity contribution in [3.8, 4) is 5.75 Å². The molecule has 1 aliphatic heterocycles. The molecule has 2 amide bonds. The molecular formula is C18H24N2O5. The SMILES string of the molecule is CCOC(=O)CCC(=O)Nc1ccc(OC)c(N2CCCCC2=O)c1. The van der Waals surface area contributed by atoms with E-state index in [0.717, 1.165) is 12.8 Å². The fourth-order valence-corrected chi connectivity index (χ4v) is 2.71. The Kier molecular flexibility index (Phi) is 6.80. The fraction of sp³-hybridized carbons (Fsp3) is 0.500. The Hall–Kier alpha value is -2.57. The van der Waals surface area contributed by atoms with Crippen molar-refractivity contribution < 1.29 is 23.9 Å². The number of nitrogens with zero attached hydrogens (tertiary/aromatic N) is 1. The monoisotopic (exact) mass is 348 g/mol. The molecule has 1 saturated heterocycles. The summed E-state index contributed by atoms with van der Waals surface area (Å²) < 4.78 is 10.1. The van der Waals surface area contributed by atoms with E-state index in [1.165, 1.54) is 0 Å². The highest BCUT2D eigenvalue weighted by Gasteiger charge is 2.23. The zero-order valence-corrected chi connectivity index (χ0v) is 14.7. The molecule has 0 aliphatic carbocycles. The normalized spacial score (nSPS) is 14.2. The van der Waals surface area contributed by atoms with Crippen molar-refractivity contribution in [2.75, 3.05) is 30.5 Å². The Morgan fingerprint density at radius 3 is 2.72 bits per heavy atom. The summed E-state index contributed by atoms with van der Waals surface area (Å²) in [6.45, 7) is 2.65. The molecule has 1 N–H and O–H groups in total. The van der Waals surface area contributed by atoms with Crippen LogP contribution >= 0.6 is 0 Å².